The van der Waals surface area contributed by atoms with E-state index >= 15 is 0 Å². The second kappa shape index (κ2) is 8.62. The van der Waals surface area contributed by atoms with Gasteiger partial charge in [0.05, 0.1) is 30.1 Å². The van der Waals surface area contributed by atoms with Crippen LogP contribution in [-0.2, 0) is 11.3 Å². The predicted molar refractivity (Wildman–Crippen MR) is 83.5 cm³/mol. The van der Waals surface area contributed by atoms with Gasteiger partial charge >= 0.3 is 0 Å². The van der Waals surface area contributed by atoms with Crippen LogP contribution in [0.5, 0.6) is 0 Å². The topological polar surface area (TPSA) is 42.3 Å². The fourth-order valence-corrected chi connectivity index (χ4v) is 2.41. The van der Waals surface area contributed by atoms with Gasteiger partial charge in [0.1, 0.15) is 0 Å². The van der Waals surface area contributed by atoms with E-state index in [1.54, 1.807) is 13.3 Å². The summed E-state index contributed by atoms with van der Waals surface area (Å²) in [6, 6.07) is 0.317. The number of aromatic nitrogens is 2. The van der Waals surface area contributed by atoms with Crippen molar-refractivity contribution < 1.29 is 4.74 Å². The highest BCUT2D eigenvalue weighted by Crippen LogP contribution is 2.26. The zero-order chi connectivity index (χ0) is 15.1. The van der Waals surface area contributed by atoms with Crippen LogP contribution < -0.4 is 5.32 Å². The second-order valence-electron chi connectivity index (χ2n) is 5.43. The first kappa shape index (κ1) is 17.4. The molecule has 1 aromatic rings. The normalized spacial score (nSPS) is 14.8. The molecule has 6 heteroatoms. The van der Waals surface area contributed by atoms with Gasteiger partial charge in [-0.15, -0.1) is 0 Å². The second-order valence-corrected chi connectivity index (χ2v) is 5.84. The third kappa shape index (κ3) is 5.05. The molecule has 0 aliphatic heterocycles. The summed E-state index contributed by atoms with van der Waals surface area (Å²) >= 11 is 6.31. The van der Waals surface area contributed by atoms with Crippen molar-refractivity contribution in [3.63, 3.8) is 0 Å². The van der Waals surface area contributed by atoms with E-state index in [4.69, 9.17) is 16.3 Å². The molecule has 0 aliphatic carbocycles. The van der Waals surface area contributed by atoms with Gasteiger partial charge in [0, 0.05) is 32.2 Å². The molecule has 0 aliphatic rings. The summed E-state index contributed by atoms with van der Waals surface area (Å²) in [7, 11) is 5.83. The predicted octanol–water partition coefficient (Wildman–Crippen LogP) is 1.83. The minimum absolute atomic E-state index is 0.295. The highest BCUT2D eigenvalue weighted by Gasteiger charge is 2.21. The molecule has 1 rings (SSSR count). The standard InChI is InChI=1S/C14H27ClN4O/c1-11(12(2)16-6-9-20-5)14-13(15)10-17-19(14)8-7-18(3)4/h10-12,16H,6-9H2,1-5H3. The molecule has 1 heterocycles. The van der Waals surface area contributed by atoms with E-state index in [2.05, 4.69) is 43.3 Å². The van der Waals surface area contributed by atoms with Crippen LogP contribution in [0.4, 0.5) is 0 Å². The summed E-state index contributed by atoms with van der Waals surface area (Å²) in [4.78, 5) is 2.14. The number of hydrogen-bond acceptors (Lipinski definition) is 4. The van der Waals surface area contributed by atoms with E-state index in [0.717, 1.165) is 30.4 Å². The molecule has 2 atom stereocenters. The van der Waals surface area contributed by atoms with Gasteiger partial charge in [-0.3, -0.25) is 4.68 Å². The Morgan fingerprint density at radius 3 is 2.75 bits per heavy atom. The van der Waals surface area contributed by atoms with Crippen LogP contribution in [0.15, 0.2) is 6.20 Å². The van der Waals surface area contributed by atoms with E-state index in [-0.39, 0.29) is 0 Å². The number of rotatable bonds is 9. The lowest BCUT2D eigenvalue weighted by molar-refractivity contribution is 0.194. The molecule has 0 aromatic carbocycles. The number of likely N-dealkylation sites (N-methyl/N-ethyl adjacent to an activating group) is 1. The van der Waals surface area contributed by atoms with Crippen molar-refractivity contribution in [2.24, 2.45) is 0 Å². The molecular formula is C14H27ClN4O. The smallest absolute Gasteiger partial charge is 0.0821 e. The van der Waals surface area contributed by atoms with Crippen LogP contribution in [0, 0.1) is 0 Å². The summed E-state index contributed by atoms with van der Waals surface area (Å²) in [6.45, 7) is 7.70. The molecule has 1 aromatic heterocycles. The van der Waals surface area contributed by atoms with Crippen LogP contribution in [0.3, 0.4) is 0 Å². The molecule has 2 unspecified atom stereocenters. The molecule has 0 saturated heterocycles. The minimum atomic E-state index is 0.295. The monoisotopic (exact) mass is 302 g/mol. The molecule has 0 bridgehead atoms. The maximum Gasteiger partial charge on any atom is 0.0821 e. The Labute approximate surface area is 127 Å². The van der Waals surface area contributed by atoms with Crippen molar-refractivity contribution in [1.29, 1.82) is 0 Å². The lowest BCUT2D eigenvalue weighted by Gasteiger charge is -2.23. The van der Waals surface area contributed by atoms with Gasteiger partial charge in [-0.25, -0.2) is 0 Å². The SMILES string of the molecule is COCCNC(C)C(C)c1c(Cl)cnn1CCN(C)C. The zero-order valence-corrected chi connectivity index (χ0v) is 13.9. The fourth-order valence-electron chi connectivity index (χ4n) is 2.10. The highest BCUT2D eigenvalue weighted by molar-refractivity contribution is 6.31. The van der Waals surface area contributed by atoms with E-state index in [9.17, 15) is 0 Å². The average Bonchev–Trinajstić information content (AvgIpc) is 2.76. The van der Waals surface area contributed by atoms with Crippen molar-refractivity contribution in [2.45, 2.75) is 32.4 Å². The molecule has 0 radical (unpaired) electrons. The largest absolute Gasteiger partial charge is 0.383 e. The maximum absolute atomic E-state index is 6.31. The van der Waals surface area contributed by atoms with Crippen molar-refractivity contribution in [1.82, 2.24) is 20.0 Å². The molecule has 0 spiro atoms. The molecule has 116 valence electrons. The number of nitrogens with one attached hydrogen (secondary N) is 1. The Hall–Kier alpha value is -0.620. The molecule has 0 amide bonds. The lowest BCUT2D eigenvalue weighted by atomic mass is 9.99. The molecule has 0 fully saturated rings. The number of ether oxygens (including phenoxy) is 1. The zero-order valence-electron chi connectivity index (χ0n) is 13.2. The number of halogens is 1. The summed E-state index contributed by atoms with van der Waals surface area (Å²) in [5.74, 6) is 0.295. The van der Waals surface area contributed by atoms with E-state index in [0.29, 0.717) is 18.6 Å². The van der Waals surface area contributed by atoms with Crippen molar-refractivity contribution in [2.75, 3.05) is 40.9 Å². The first-order chi connectivity index (χ1) is 9.47. The fraction of sp³-hybridized carbons (Fsp3) is 0.786. The van der Waals surface area contributed by atoms with Gasteiger partial charge in [0.25, 0.3) is 0 Å². The minimum Gasteiger partial charge on any atom is -0.383 e. The Kier molecular flexibility index (Phi) is 7.51. The van der Waals surface area contributed by atoms with Crippen molar-refractivity contribution in [3.8, 4) is 0 Å². The van der Waals surface area contributed by atoms with Crippen molar-refractivity contribution in [3.05, 3.63) is 16.9 Å². The average molecular weight is 303 g/mol. The van der Waals surface area contributed by atoms with E-state index < -0.39 is 0 Å². The highest BCUT2D eigenvalue weighted by atomic mass is 35.5. The third-order valence-corrected chi connectivity index (χ3v) is 3.84. The number of hydrogen-bond donors (Lipinski definition) is 1. The van der Waals surface area contributed by atoms with Crippen LogP contribution in [-0.4, -0.2) is 61.6 Å². The first-order valence-electron chi connectivity index (χ1n) is 7.05. The maximum atomic E-state index is 6.31. The van der Waals surface area contributed by atoms with E-state index in [1.807, 2.05) is 4.68 Å². The molecule has 5 nitrogen and oxygen atoms in total. The van der Waals surface area contributed by atoms with Gasteiger partial charge in [-0.2, -0.15) is 5.10 Å². The molecule has 20 heavy (non-hydrogen) atoms. The summed E-state index contributed by atoms with van der Waals surface area (Å²) in [5, 5.41) is 8.60. The summed E-state index contributed by atoms with van der Waals surface area (Å²) in [6.07, 6.45) is 1.74. The lowest BCUT2D eigenvalue weighted by Crippen LogP contribution is -2.34. The van der Waals surface area contributed by atoms with Gasteiger partial charge in [0.2, 0.25) is 0 Å². The molecule has 1 N–H and O–H groups in total. The quantitative estimate of drug-likeness (QED) is 0.707. The summed E-state index contributed by atoms with van der Waals surface area (Å²) in [5.41, 5.74) is 1.10. The van der Waals surface area contributed by atoms with Crippen molar-refractivity contribution >= 4 is 11.6 Å². The van der Waals surface area contributed by atoms with Gasteiger partial charge in [0.15, 0.2) is 0 Å². The molecule has 0 saturated carbocycles. The Bertz CT molecular complexity index is 395. The van der Waals surface area contributed by atoms with Gasteiger partial charge < -0.3 is 15.0 Å². The third-order valence-electron chi connectivity index (χ3n) is 3.55. The van der Waals surface area contributed by atoms with Crippen LogP contribution >= 0.6 is 11.6 Å². The van der Waals surface area contributed by atoms with Gasteiger partial charge in [-0.05, 0) is 21.0 Å². The molecular weight excluding hydrogens is 276 g/mol. The van der Waals surface area contributed by atoms with Crippen LogP contribution in [0.25, 0.3) is 0 Å². The number of methoxy groups -OCH3 is 1. The van der Waals surface area contributed by atoms with E-state index in [1.165, 1.54) is 0 Å². The first-order valence-corrected chi connectivity index (χ1v) is 7.43. The van der Waals surface area contributed by atoms with Crippen LogP contribution in [0.2, 0.25) is 5.02 Å². The summed E-state index contributed by atoms with van der Waals surface area (Å²) < 4.78 is 7.08. The Morgan fingerprint density at radius 2 is 2.15 bits per heavy atom. The van der Waals surface area contributed by atoms with Gasteiger partial charge in [-0.1, -0.05) is 18.5 Å². The Morgan fingerprint density at radius 1 is 1.45 bits per heavy atom. The van der Waals surface area contributed by atoms with Crippen LogP contribution in [0.1, 0.15) is 25.5 Å². The number of nitrogens with zero attached hydrogens (tertiary/aromatic N) is 3. The Balaban J connectivity index is 2.70.